The molecule has 1 amide bonds. The number of carbonyl (C=O) groups is 1. The topological polar surface area (TPSA) is 46.3 Å². The Balaban J connectivity index is 2.18. The van der Waals surface area contributed by atoms with Crippen molar-refractivity contribution >= 4 is 17.0 Å². The zero-order chi connectivity index (χ0) is 17.0. The van der Waals surface area contributed by atoms with Crippen molar-refractivity contribution < 1.29 is 9.21 Å². The van der Waals surface area contributed by atoms with Crippen molar-refractivity contribution in [3.8, 4) is 0 Å². The van der Waals surface area contributed by atoms with Crippen LogP contribution in [0.15, 0.2) is 22.6 Å². The summed E-state index contributed by atoms with van der Waals surface area (Å²) >= 11 is 0. The van der Waals surface area contributed by atoms with Gasteiger partial charge in [-0.2, -0.15) is 0 Å². The number of fused-ring (bicyclic) bond motifs is 1. The Morgan fingerprint density at radius 2 is 1.74 bits per heavy atom. The normalized spacial score (nSPS) is 11.6. The highest BCUT2D eigenvalue weighted by Gasteiger charge is 2.20. The lowest BCUT2D eigenvalue weighted by Gasteiger charge is -2.23. The van der Waals surface area contributed by atoms with Crippen LogP contribution in [0.2, 0.25) is 0 Å². The van der Waals surface area contributed by atoms with Crippen LogP contribution in [-0.4, -0.2) is 28.9 Å². The van der Waals surface area contributed by atoms with E-state index in [2.05, 4.69) is 32.7 Å². The third kappa shape index (κ3) is 4.81. The van der Waals surface area contributed by atoms with Gasteiger partial charge in [-0.3, -0.25) is 4.79 Å². The van der Waals surface area contributed by atoms with Gasteiger partial charge in [0.05, 0.1) is 0 Å². The molecule has 0 spiro atoms. The van der Waals surface area contributed by atoms with Gasteiger partial charge in [0.15, 0.2) is 11.3 Å². The first kappa shape index (κ1) is 17.5. The fraction of sp³-hybridized carbons (Fsp3) is 0.579. The molecule has 0 saturated carbocycles. The quantitative estimate of drug-likeness (QED) is 0.745. The molecule has 4 nitrogen and oxygen atoms in total. The molecule has 0 aliphatic rings. The maximum atomic E-state index is 12.8. The lowest BCUT2D eigenvalue weighted by atomic mass is 10.1. The lowest BCUT2D eigenvalue weighted by Crippen LogP contribution is -2.33. The van der Waals surface area contributed by atoms with E-state index in [1.165, 1.54) is 0 Å². The number of furan rings is 1. The van der Waals surface area contributed by atoms with Gasteiger partial charge in [0.25, 0.3) is 5.91 Å². The minimum Gasteiger partial charge on any atom is -0.449 e. The summed E-state index contributed by atoms with van der Waals surface area (Å²) in [6.45, 7) is 12.2. The number of carbonyl (C=O) groups excluding carboxylic acids is 1. The SMILES string of the molecule is Cc1ccc2oc(C(=O)N(CCC(C)C)CCC(C)C)cc2n1. The van der Waals surface area contributed by atoms with E-state index in [-0.39, 0.29) is 5.91 Å². The zero-order valence-corrected chi connectivity index (χ0v) is 14.9. The molecule has 126 valence electrons. The van der Waals surface area contributed by atoms with Gasteiger partial charge in [-0.1, -0.05) is 27.7 Å². The van der Waals surface area contributed by atoms with E-state index in [4.69, 9.17) is 4.42 Å². The Bertz CT molecular complexity index is 646. The van der Waals surface area contributed by atoms with E-state index >= 15 is 0 Å². The summed E-state index contributed by atoms with van der Waals surface area (Å²) in [5.74, 6) is 1.52. The van der Waals surface area contributed by atoms with Crippen LogP contribution in [0.5, 0.6) is 0 Å². The molecule has 0 atom stereocenters. The molecular weight excluding hydrogens is 288 g/mol. The Hall–Kier alpha value is -1.84. The van der Waals surface area contributed by atoms with Gasteiger partial charge in [0.2, 0.25) is 0 Å². The number of nitrogens with zero attached hydrogens (tertiary/aromatic N) is 2. The van der Waals surface area contributed by atoms with Crippen molar-refractivity contribution in [2.45, 2.75) is 47.5 Å². The predicted octanol–water partition coefficient (Wildman–Crippen LogP) is 4.67. The highest BCUT2D eigenvalue weighted by Crippen LogP contribution is 2.20. The van der Waals surface area contributed by atoms with Crippen molar-refractivity contribution in [2.75, 3.05) is 13.1 Å². The minimum absolute atomic E-state index is 0.0260. The summed E-state index contributed by atoms with van der Waals surface area (Å²) in [6.07, 6.45) is 2.00. The Morgan fingerprint density at radius 3 is 2.30 bits per heavy atom. The van der Waals surface area contributed by atoms with Gasteiger partial charge in [-0.05, 0) is 43.7 Å². The molecular formula is C19H28N2O2. The molecule has 0 saturated heterocycles. The van der Waals surface area contributed by atoms with Crippen LogP contribution in [-0.2, 0) is 0 Å². The third-order valence-electron chi connectivity index (χ3n) is 3.96. The number of hydrogen-bond donors (Lipinski definition) is 0. The number of hydrogen-bond acceptors (Lipinski definition) is 3. The van der Waals surface area contributed by atoms with Crippen LogP contribution >= 0.6 is 0 Å². The van der Waals surface area contributed by atoms with E-state index in [1.807, 2.05) is 24.0 Å². The molecule has 23 heavy (non-hydrogen) atoms. The van der Waals surface area contributed by atoms with Crippen LogP contribution in [0.4, 0.5) is 0 Å². The highest BCUT2D eigenvalue weighted by molar-refractivity contribution is 5.95. The molecule has 0 fully saturated rings. The van der Waals surface area contributed by atoms with Crippen LogP contribution in [0.25, 0.3) is 11.1 Å². The zero-order valence-electron chi connectivity index (χ0n) is 14.9. The molecule has 4 heteroatoms. The van der Waals surface area contributed by atoms with Gasteiger partial charge < -0.3 is 9.32 Å². The van der Waals surface area contributed by atoms with Crippen molar-refractivity contribution in [3.05, 3.63) is 29.7 Å². The second-order valence-corrected chi connectivity index (χ2v) is 7.10. The summed E-state index contributed by atoms with van der Waals surface area (Å²) in [4.78, 5) is 19.2. The van der Waals surface area contributed by atoms with E-state index in [9.17, 15) is 4.79 Å². The van der Waals surface area contributed by atoms with Crippen LogP contribution in [0, 0.1) is 18.8 Å². The third-order valence-corrected chi connectivity index (χ3v) is 3.96. The van der Waals surface area contributed by atoms with Crippen LogP contribution in [0.3, 0.4) is 0 Å². The molecule has 0 aliphatic heterocycles. The van der Waals surface area contributed by atoms with E-state index < -0.39 is 0 Å². The van der Waals surface area contributed by atoms with E-state index in [0.717, 1.165) is 37.1 Å². The standard InChI is InChI=1S/C19H28N2O2/c1-13(2)8-10-21(11-9-14(3)4)19(22)18-12-16-17(23-18)7-6-15(5)20-16/h6-7,12-14H,8-11H2,1-5H3. The molecule has 2 aromatic rings. The first-order valence-electron chi connectivity index (χ1n) is 8.53. The van der Waals surface area contributed by atoms with Gasteiger partial charge in [-0.25, -0.2) is 4.98 Å². The summed E-state index contributed by atoms with van der Waals surface area (Å²) in [5.41, 5.74) is 2.35. The van der Waals surface area contributed by atoms with Crippen molar-refractivity contribution in [3.63, 3.8) is 0 Å². The van der Waals surface area contributed by atoms with Crippen LogP contribution < -0.4 is 0 Å². The van der Waals surface area contributed by atoms with Crippen molar-refractivity contribution in [2.24, 2.45) is 11.8 Å². The minimum atomic E-state index is -0.0260. The number of aromatic nitrogens is 1. The fourth-order valence-corrected chi connectivity index (χ4v) is 2.43. The first-order chi connectivity index (χ1) is 10.9. The highest BCUT2D eigenvalue weighted by atomic mass is 16.3. The summed E-state index contributed by atoms with van der Waals surface area (Å²) in [7, 11) is 0. The van der Waals surface area contributed by atoms with E-state index in [0.29, 0.717) is 23.2 Å². The summed E-state index contributed by atoms with van der Waals surface area (Å²) in [6, 6.07) is 5.54. The largest absolute Gasteiger partial charge is 0.449 e. The Labute approximate surface area is 138 Å². The molecule has 2 aromatic heterocycles. The smallest absolute Gasteiger partial charge is 0.289 e. The van der Waals surface area contributed by atoms with Crippen molar-refractivity contribution in [1.82, 2.24) is 9.88 Å². The first-order valence-corrected chi connectivity index (χ1v) is 8.53. The maximum absolute atomic E-state index is 12.8. The number of pyridine rings is 1. The maximum Gasteiger partial charge on any atom is 0.289 e. The molecule has 2 heterocycles. The molecule has 0 unspecified atom stereocenters. The average Bonchev–Trinajstić information content (AvgIpc) is 2.89. The second kappa shape index (κ2) is 7.62. The molecule has 2 rings (SSSR count). The number of rotatable bonds is 7. The fourth-order valence-electron chi connectivity index (χ4n) is 2.43. The molecule has 0 radical (unpaired) electrons. The predicted molar refractivity (Wildman–Crippen MR) is 93.6 cm³/mol. The monoisotopic (exact) mass is 316 g/mol. The molecule has 0 aliphatic carbocycles. The van der Waals surface area contributed by atoms with Crippen LogP contribution in [0.1, 0.15) is 56.8 Å². The van der Waals surface area contributed by atoms with Gasteiger partial charge in [0.1, 0.15) is 5.52 Å². The molecule has 0 aromatic carbocycles. The number of amides is 1. The lowest BCUT2D eigenvalue weighted by molar-refractivity contribution is 0.0711. The summed E-state index contributed by atoms with van der Waals surface area (Å²) in [5, 5.41) is 0. The van der Waals surface area contributed by atoms with Gasteiger partial charge >= 0.3 is 0 Å². The Kier molecular flexibility index (Phi) is 5.80. The average molecular weight is 316 g/mol. The molecule has 0 bridgehead atoms. The van der Waals surface area contributed by atoms with E-state index in [1.54, 1.807) is 6.07 Å². The summed E-state index contributed by atoms with van der Waals surface area (Å²) < 4.78 is 5.73. The Morgan fingerprint density at radius 1 is 1.13 bits per heavy atom. The number of aryl methyl sites for hydroxylation is 1. The second-order valence-electron chi connectivity index (χ2n) is 7.10. The molecule has 0 N–H and O–H groups in total. The van der Waals surface area contributed by atoms with Gasteiger partial charge in [-0.15, -0.1) is 0 Å². The van der Waals surface area contributed by atoms with Crippen molar-refractivity contribution in [1.29, 1.82) is 0 Å². The van der Waals surface area contributed by atoms with Gasteiger partial charge in [0, 0.05) is 24.8 Å².